The number of nitrogens with zero attached hydrogens (tertiary/aromatic N) is 3. The zero-order valence-electron chi connectivity index (χ0n) is 9.94. The number of hydrogen-bond acceptors (Lipinski definition) is 4. The van der Waals surface area contributed by atoms with Gasteiger partial charge in [-0.25, -0.2) is 9.98 Å². The summed E-state index contributed by atoms with van der Waals surface area (Å²) in [6, 6.07) is 0. The molecule has 1 aromatic heterocycles. The Balaban J connectivity index is 1.99. The van der Waals surface area contributed by atoms with E-state index in [-0.39, 0.29) is 6.10 Å². The molecule has 0 radical (unpaired) electrons. The summed E-state index contributed by atoms with van der Waals surface area (Å²) in [7, 11) is 1.73. The maximum Gasteiger partial charge on any atom is 0.180 e. The Morgan fingerprint density at radius 1 is 1.76 bits per heavy atom. The molecule has 6 nitrogen and oxygen atoms in total. The van der Waals surface area contributed by atoms with Gasteiger partial charge < -0.3 is 15.0 Å². The minimum absolute atomic E-state index is 0.273. The van der Waals surface area contributed by atoms with Crippen LogP contribution in [0, 0.1) is 0 Å². The quantitative estimate of drug-likeness (QED) is 0.601. The van der Waals surface area contributed by atoms with Crippen molar-refractivity contribution in [3.8, 4) is 0 Å². The number of rotatable bonds is 4. The summed E-state index contributed by atoms with van der Waals surface area (Å²) in [6.07, 6.45) is 4.08. The van der Waals surface area contributed by atoms with Crippen LogP contribution in [0.5, 0.6) is 0 Å². The molecule has 1 aromatic rings. The maximum atomic E-state index is 5.54. The van der Waals surface area contributed by atoms with Crippen LogP contribution in [0.1, 0.15) is 18.5 Å². The van der Waals surface area contributed by atoms with E-state index in [1.54, 1.807) is 13.4 Å². The third kappa shape index (κ3) is 2.71. The molecule has 17 heavy (non-hydrogen) atoms. The van der Waals surface area contributed by atoms with Crippen molar-refractivity contribution in [3.05, 3.63) is 12.0 Å². The highest BCUT2D eigenvalue weighted by Crippen LogP contribution is 2.14. The summed E-state index contributed by atoms with van der Waals surface area (Å²) in [6.45, 7) is 5.09. The predicted octanol–water partition coefficient (Wildman–Crippen LogP) is 0.887. The lowest BCUT2D eigenvalue weighted by Gasteiger charge is -2.12. The van der Waals surface area contributed by atoms with Crippen LogP contribution >= 0.6 is 0 Å². The summed E-state index contributed by atoms with van der Waals surface area (Å²) in [5, 5.41) is 3.25. The van der Waals surface area contributed by atoms with Gasteiger partial charge in [-0.2, -0.15) is 0 Å². The fourth-order valence-electron chi connectivity index (χ4n) is 1.88. The second-order valence-electron chi connectivity index (χ2n) is 3.85. The van der Waals surface area contributed by atoms with Gasteiger partial charge in [-0.05, 0) is 19.6 Å². The normalized spacial score (nSPS) is 20.5. The first-order valence-electron chi connectivity index (χ1n) is 5.68. The zero-order chi connectivity index (χ0) is 12.1. The summed E-state index contributed by atoms with van der Waals surface area (Å²) in [5.41, 5.74) is 0.764. The molecule has 1 aliphatic heterocycles. The Morgan fingerprint density at radius 3 is 3.29 bits per heavy atom. The summed E-state index contributed by atoms with van der Waals surface area (Å²) >= 11 is 0. The molecular weight excluding hydrogens is 218 g/mol. The van der Waals surface area contributed by atoms with Crippen molar-refractivity contribution in [3.63, 3.8) is 0 Å². The fraction of sp³-hybridized carbons (Fsp3) is 0.545. The van der Waals surface area contributed by atoms with Crippen molar-refractivity contribution in [1.82, 2.24) is 15.3 Å². The lowest BCUT2D eigenvalue weighted by molar-refractivity contribution is 0.114. The molecular formula is C11H17N5O. The lowest BCUT2D eigenvalue weighted by atomic mass is 10.2. The van der Waals surface area contributed by atoms with Crippen LogP contribution in [0.2, 0.25) is 0 Å². The molecule has 0 spiro atoms. The van der Waals surface area contributed by atoms with Crippen molar-refractivity contribution in [2.75, 3.05) is 20.2 Å². The number of imidazole rings is 1. The van der Waals surface area contributed by atoms with E-state index in [1.165, 1.54) is 0 Å². The Kier molecular flexibility index (Phi) is 3.87. The van der Waals surface area contributed by atoms with Gasteiger partial charge >= 0.3 is 0 Å². The average molecular weight is 235 g/mol. The standard InChI is InChI=1S/C11H17N5O/c1-12-10(9-11(13-2)16-7-15-9)14-6-8-4-3-5-17-8/h7-8H,2-6H2,1H3,(H,12,14)(H,15,16). The second kappa shape index (κ2) is 5.58. The van der Waals surface area contributed by atoms with Crippen LogP contribution in [-0.4, -0.2) is 48.8 Å². The minimum atomic E-state index is 0.273. The summed E-state index contributed by atoms with van der Waals surface area (Å²) < 4.78 is 5.54. The highest BCUT2D eigenvalue weighted by molar-refractivity contribution is 6.00. The number of H-pyrrole nitrogens is 1. The van der Waals surface area contributed by atoms with Crippen LogP contribution in [0.25, 0.3) is 0 Å². The smallest absolute Gasteiger partial charge is 0.180 e. The van der Waals surface area contributed by atoms with Gasteiger partial charge in [-0.15, -0.1) is 0 Å². The molecule has 1 unspecified atom stereocenters. The molecule has 92 valence electrons. The number of aliphatic imine (C=N–C) groups is 2. The minimum Gasteiger partial charge on any atom is -0.376 e. The fourth-order valence-corrected chi connectivity index (χ4v) is 1.88. The second-order valence-corrected chi connectivity index (χ2v) is 3.85. The Morgan fingerprint density at radius 2 is 2.65 bits per heavy atom. The predicted molar refractivity (Wildman–Crippen MR) is 67.2 cm³/mol. The Labute approximate surface area is 100 Å². The maximum absolute atomic E-state index is 5.54. The van der Waals surface area contributed by atoms with Crippen molar-refractivity contribution in [1.29, 1.82) is 0 Å². The van der Waals surface area contributed by atoms with Crippen LogP contribution in [0.4, 0.5) is 5.82 Å². The Hall–Kier alpha value is -1.69. The van der Waals surface area contributed by atoms with Crippen LogP contribution in [-0.2, 0) is 4.74 Å². The molecule has 2 rings (SSSR count). The number of ether oxygens (including phenoxy) is 1. The number of aromatic nitrogens is 2. The van der Waals surface area contributed by atoms with E-state index in [4.69, 9.17) is 4.74 Å². The molecule has 0 bridgehead atoms. The van der Waals surface area contributed by atoms with E-state index in [1.807, 2.05) is 0 Å². The first kappa shape index (κ1) is 11.8. The van der Waals surface area contributed by atoms with Gasteiger partial charge in [0.2, 0.25) is 0 Å². The molecule has 1 atom stereocenters. The number of aromatic amines is 1. The van der Waals surface area contributed by atoms with Gasteiger partial charge in [-0.3, -0.25) is 4.99 Å². The van der Waals surface area contributed by atoms with Gasteiger partial charge in [0.25, 0.3) is 0 Å². The number of nitrogens with one attached hydrogen (secondary N) is 2. The van der Waals surface area contributed by atoms with Crippen molar-refractivity contribution in [2.24, 2.45) is 9.98 Å². The number of hydrogen-bond donors (Lipinski definition) is 2. The third-order valence-corrected chi connectivity index (χ3v) is 2.75. The molecule has 2 heterocycles. The van der Waals surface area contributed by atoms with Gasteiger partial charge in [0.15, 0.2) is 5.82 Å². The van der Waals surface area contributed by atoms with Crippen molar-refractivity contribution in [2.45, 2.75) is 18.9 Å². The topological polar surface area (TPSA) is 74.7 Å². The number of amidine groups is 1. The molecule has 6 heteroatoms. The molecule has 1 saturated heterocycles. The SMILES string of the molecule is C=Nc1nc[nH]c1C(=NC)NCC1CCCO1. The third-order valence-electron chi connectivity index (χ3n) is 2.75. The van der Waals surface area contributed by atoms with Crippen LogP contribution < -0.4 is 5.32 Å². The molecule has 1 fully saturated rings. The lowest BCUT2D eigenvalue weighted by Crippen LogP contribution is -2.32. The summed E-state index contributed by atoms with van der Waals surface area (Å²) in [5.74, 6) is 1.30. The van der Waals surface area contributed by atoms with E-state index < -0.39 is 0 Å². The zero-order valence-corrected chi connectivity index (χ0v) is 9.94. The average Bonchev–Trinajstić information content (AvgIpc) is 3.00. The Bertz CT molecular complexity index is 406. The largest absolute Gasteiger partial charge is 0.376 e. The monoisotopic (exact) mass is 235 g/mol. The molecule has 0 saturated carbocycles. The molecule has 2 N–H and O–H groups in total. The van der Waals surface area contributed by atoms with E-state index in [0.29, 0.717) is 5.82 Å². The van der Waals surface area contributed by atoms with Crippen LogP contribution in [0.3, 0.4) is 0 Å². The molecule has 0 aromatic carbocycles. The van der Waals surface area contributed by atoms with Gasteiger partial charge in [0.05, 0.1) is 12.4 Å². The first-order chi connectivity index (χ1) is 8.35. The van der Waals surface area contributed by atoms with Gasteiger partial charge in [-0.1, -0.05) is 0 Å². The molecule has 1 aliphatic rings. The van der Waals surface area contributed by atoms with Gasteiger partial charge in [0, 0.05) is 20.2 Å². The van der Waals surface area contributed by atoms with E-state index in [9.17, 15) is 0 Å². The molecule has 0 aliphatic carbocycles. The van der Waals surface area contributed by atoms with Crippen molar-refractivity contribution >= 4 is 18.4 Å². The summed E-state index contributed by atoms with van der Waals surface area (Å²) in [4.78, 5) is 15.1. The van der Waals surface area contributed by atoms with Gasteiger partial charge in [0.1, 0.15) is 11.5 Å². The van der Waals surface area contributed by atoms with Crippen molar-refractivity contribution < 1.29 is 4.74 Å². The van der Waals surface area contributed by atoms with E-state index in [2.05, 4.69) is 32.0 Å². The first-order valence-corrected chi connectivity index (χ1v) is 5.68. The highest BCUT2D eigenvalue weighted by atomic mass is 16.5. The van der Waals surface area contributed by atoms with Crippen LogP contribution in [0.15, 0.2) is 16.3 Å². The van der Waals surface area contributed by atoms with E-state index >= 15 is 0 Å². The highest BCUT2D eigenvalue weighted by Gasteiger charge is 2.17. The van der Waals surface area contributed by atoms with E-state index in [0.717, 1.165) is 37.5 Å². The molecule has 0 amide bonds.